The molecule has 32 heavy (non-hydrogen) atoms. The van der Waals surface area contributed by atoms with Gasteiger partial charge in [-0.2, -0.15) is 0 Å². The third-order valence-electron chi connectivity index (χ3n) is 6.38. The molecule has 3 aromatic carbocycles. The third kappa shape index (κ3) is 5.34. The fourth-order valence-corrected chi connectivity index (χ4v) is 4.74. The number of aliphatic hydroxyl groups excluding tert-OH is 1. The van der Waals surface area contributed by atoms with Crippen molar-refractivity contribution >= 4 is 28.4 Å². The van der Waals surface area contributed by atoms with E-state index in [0.717, 1.165) is 13.0 Å². The van der Waals surface area contributed by atoms with E-state index in [1.165, 1.54) is 79.8 Å². The molecule has 0 aliphatic carbocycles. The number of anilines is 5. The molecule has 0 spiro atoms. The Morgan fingerprint density at radius 2 is 0.906 bits per heavy atom. The number of unbranched alkanes of at least 4 members (excludes halogenated alkanes) is 8. The lowest BCUT2D eigenvalue weighted by Crippen LogP contribution is -2.27. The highest BCUT2D eigenvalue weighted by Crippen LogP contribution is 2.50. The van der Waals surface area contributed by atoms with Crippen molar-refractivity contribution in [2.24, 2.45) is 0 Å². The summed E-state index contributed by atoms with van der Waals surface area (Å²) in [6, 6.07) is 28.2. The molecule has 0 unspecified atom stereocenters. The highest BCUT2D eigenvalue weighted by atomic mass is 16.2. The molecule has 0 fully saturated rings. The lowest BCUT2D eigenvalue weighted by atomic mass is 10.0. The SMILES string of the molecule is OCCCCCCCCCCCN1c2ccccc2N(c2ccccc2)c2ccccc21. The van der Waals surface area contributed by atoms with Gasteiger partial charge in [-0.1, -0.05) is 87.4 Å². The summed E-state index contributed by atoms with van der Waals surface area (Å²) < 4.78 is 0. The molecule has 3 heteroatoms. The Morgan fingerprint density at radius 1 is 0.469 bits per heavy atom. The topological polar surface area (TPSA) is 26.7 Å². The molecule has 0 atom stereocenters. The Hall–Kier alpha value is -2.78. The summed E-state index contributed by atoms with van der Waals surface area (Å²) in [5.74, 6) is 0. The minimum Gasteiger partial charge on any atom is -0.396 e. The molecule has 0 amide bonds. The van der Waals surface area contributed by atoms with Crippen LogP contribution in [-0.4, -0.2) is 18.3 Å². The van der Waals surface area contributed by atoms with Gasteiger partial charge in [0, 0.05) is 18.8 Å². The first-order valence-electron chi connectivity index (χ1n) is 12.3. The van der Waals surface area contributed by atoms with E-state index in [2.05, 4.69) is 88.7 Å². The van der Waals surface area contributed by atoms with Gasteiger partial charge in [-0.25, -0.2) is 0 Å². The van der Waals surface area contributed by atoms with E-state index >= 15 is 0 Å². The van der Waals surface area contributed by atoms with Crippen molar-refractivity contribution < 1.29 is 5.11 Å². The highest BCUT2D eigenvalue weighted by Gasteiger charge is 2.28. The van der Waals surface area contributed by atoms with E-state index in [1.54, 1.807) is 0 Å². The van der Waals surface area contributed by atoms with E-state index in [9.17, 15) is 0 Å². The Labute approximate surface area is 193 Å². The van der Waals surface area contributed by atoms with Crippen LogP contribution in [0.5, 0.6) is 0 Å². The zero-order chi connectivity index (χ0) is 22.0. The fraction of sp³-hybridized carbons (Fsp3) is 0.379. The van der Waals surface area contributed by atoms with Gasteiger partial charge in [-0.3, -0.25) is 0 Å². The first kappa shape index (κ1) is 22.4. The number of hydrogen-bond donors (Lipinski definition) is 1. The maximum Gasteiger partial charge on any atom is 0.0699 e. The molecule has 0 bridgehead atoms. The molecule has 1 heterocycles. The molecular weight excluding hydrogens is 392 g/mol. The molecule has 0 saturated carbocycles. The van der Waals surface area contributed by atoms with Crippen LogP contribution in [0.25, 0.3) is 0 Å². The predicted molar refractivity (Wildman–Crippen MR) is 137 cm³/mol. The van der Waals surface area contributed by atoms with Crippen molar-refractivity contribution in [3.8, 4) is 0 Å². The molecule has 0 saturated heterocycles. The third-order valence-corrected chi connectivity index (χ3v) is 6.38. The highest BCUT2D eigenvalue weighted by molar-refractivity contribution is 5.97. The molecular formula is C29H36N2O. The second-order valence-electron chi connectivity index (χ2n) is 8.71. The van der Waals surface area contributed by atoms with E-state index in [-0.39, 0.29) is 0 Å². The van der Waals surface area contributed by atoms with Crippen LogP contribution in [0.4, 0.5) is 28.4 Å². The Balaban J connectivity index is 1.41. The monoisotopic (exact) mass is 428 g/mol. The van der Waals surface area contributed by atoms with Crippen LogP contribution in [0.1, 0.15) is 57.8 Å². The number of fused-ring (bicyclic) bond motifs is 2. The summed E-state index contributed by atoms with van der Waals surface area (Å²) in [5, 5.41) is 8.86. The Bertz CT molecular complexity index is 909. The lowest BCUT2D eigenvalue weighted by Gasteiger charge is -2.40. The molecule has 1 aliphatic heterocycles. The smallest absolute Gasteiger partial charge is 0.0699 e. The summed E-state index contributed by atoms with van der Waals surface area (Å²) in [5.41, 5.74) is 6.28. The van der Waals surface area contributed by atoms with E-state index in [0.29, 0.717) is 6.61 Å². The van der Waals surface area contributed by atoms with Crippen LogP contribution < -0.4 is 9.80 Å². The number of nitrogens with zero attached hydrogens (tertiary/aromatic N) is 2. The van der Waals surface area contributed by atoms with Crippen molar-refractivity contribution in [1.29, 1.82) is 0 Å². The minimum atomic E-state index is 0.339. The zero-order valence-electron chi connectivity index (χ0n) is 19.1. The van der Waals surface area contributed by atoms with Crippen LogP contribution in [0.2, 0.25) is 0 Å². The Morgan fingerprint density at radius 3 is 1.44 bits per heavy atom. The fourth-order valence-electron chi connectivity index (χ4n) is 4.74. The normalized spacial score (nSPS) is 12.5. The van der Waals surface area contributed by atoms with Crippen LogP contribution in [0.3, 0.4) is 0 Å². The number of benzene rings is 3. The van der Waals surface area contributed by atoms with Gasteiger partial charge in [-0.05, 0) is 49.2 Å². The number of rotatable bonds is 12. The molecule has 3 aromatic rings. The van der Waals surface area contributed by atoms with Gasteiger partial charge < -0.3 is 14.9 Å². The molecule has 168 valence electrons. The molecule has 3 nitrogen and oxygen atoms in total. The van der Waals surface area contributed by atoms with Crippen molar-refractivity contribution in [1.82, 2.24) is 0 Å². The second-order valence-corrected chi connectivity index (χ2v) is 8.71. The largest absolute Gasteiger partial charge is 0.396 e. The van der Waals surface area contributed by atoms with Gasteiger partial charge in [0.05, 0.1) is 22.7 Å². The minimum absolute atomic E-state index is 0.339. The zero-order valence-corrected chi connectivity index (χ0v) is 19.1. The van der Waals surface area contributed by atoms with Gasteiger partial charge in [0.2, 0.25) is 0 Å². The van der Waals surface area contributed by atoms with Gasteiger partial charge in [-0.15, -0.1) is 0 Å². The summed E-state index contributed by atoms with van der Waals surface area (Å²) in [7, 11) is 0. The number of hydrogen-bond acceptors (Lipinski definition) is 3. The second kappa shape index (κ2) is 11.7. The predicted octanol–water partition coefficient (Wildman–Crippen LogP) is 8.11. The van der Waals surface area contributed by atoms with Crippen molar-refractivity contribution in [2.45, 2.75) is 57.8 Å². The summed E-state index contributed by atoms with van der Waals surface area (Å²) in [6.07, 6.45) is 11.2. The van der Waals surface area contributed by atoms with Crippen LogP contribution in [0.15, 0.2) is 78.9 Å². The average molecular weight is 429 g/mol. The first-order chi connectivity index (χ1) is 15.9. The van der Waals surface area contributed by atoms with Gasteiger partial charge in [0.1, 0.15) is 0 Å². The molecule has 4 rings (SSSR count). The van der Waals surface area contributed by atoms with E-state index < -0.39 is 0 Å². The van der Waals surface area contributed by atoms with E-state index in [1.807, 2.05) is 0 Å². The number of para-hydroxylation sites is 5. The van der Waals surface area contributed by atoms with Gasteiger partial charge in [0.25, 0.3) is 0 Å². The summed E-state index contributed by atoms with van der Waals surface area (Å²) in [6.45, 7) is 1.39. The van der Waals surface area contributed by atoms with Crippen molar-refractivity contribution in [3.63, 3.8) is 0 Å². The van der Waals surface area contributed by atoms with Crippen molar-refractivity contribution in [2.75, 3.05) is 23.0 Å². The van der Waals surface area contributed by atoms with Crippen LogP contribution in [-0.2, 0) is 0 Å². The number of aliphatic hydroxyl groups is 1. The van der Waals surface area contributed by atoms with Gasteiger partial charge >= 0.3 is 0 Å². The van der Waals surface area contributed by atoms with Crippen LogP contribution >= 0.6 is 0 Å². The molecule has 0 aromatic heterocycles. The first-order valence-corrected chi connectivity index (χ1v) is 12.3. The summed E-state index contributed by atoms with van der Waals surface area (Å²) in [4.78, 5) is 4.90. The average Bonchev–Trinajstić information content (AvgIpc) is 2.85. The molecule has 1 aliphatic rings. The summed E-state index contributed by atoms with van der Waals surface area (Å²) >= 11 is 0. The maximum atomic E-state index is 8.86. The van der Waals surface area contributed by atoms with Crippen LogP contribution in [0, 0.1) is 0 Å². The Kier molecular flexibility index (Phi) is 8.22. The standard InChI is InChI=1S/C29H36N2O/c32-24-16-7-5-3-1-2-4-6-15-23-30-26-19-11-13-21-28(26)31(25-17-9-8-10-18-25)29-22-14-12-20-27(29)30/h8-14,17-22,32H,1-7,15-16,23-24H2. The van der Waals surface area contributed by atoms with Crippen molar-refractivity contribution in [3.05, 3.63) is 78.9 Å². The van der Waals surface area contributed by atoms with E-state index in [4.69, 9.17) is 5.11 Å². The molecule has 1 N–H and O–H groups in total. The lowest BCUT2D eigenvalue weighted by molar-refractivity contribution is 0.282. The molecule has 0 radical (unpaired) electrons. The van der Waals surface area contributed by atoms with Gasteiger partial charge in [0.15, 0.2) is 0 Å². The quantitative estimate of drug-likeness (QED) is 0.295. The maximum absolute atomic E-state index is 8.86.